The number of fused-ring (bicyclic) bond motifs is 1. The fraction of sp³-hybridized carbons (Fsp3) is 0.429. The van der Waals surface area contributed by atoms with E-state index in [1.165, 1.54) is 7.11 Å². The molecule has 0 fully saturated rings. The van der Waals surface area contributed by atoms with Crippen molar-refractivity contribution in [1.29, 1.82) is 0 Å². The summed E-state index contributed by atoms with van der Waals surface area (Å²) in [7, 11) is 1.51. The van der Waals surface area contributed by atoms with Gasteiger partial charge in [0.05, 0.1) is 17.6 Å². The van der Waals surface area contributed by atoms with E-state index in [1.54, 1.807) is 0 Å². The number of para-hydroxylation sites is 2. The number of nitrogens with one attached hydrogen (secondary N) is 1. The molecular weight excluding hydrogens is 256 g/mol. The maximum Gasteiger partial charge on any atom is 0.245 e. The lowest BCUT2D eigenvalue weighted by Crippen LogP contribution is -2.39. The van der Waals surface area contributed by atoms with E-state index < -0.39 is 6.04 Å². The van der Waals surface area contributed by atoms with E-state index >= 15 is 0 Å². The number of benzene rings is 1. The minimum atomic E-state index is -0.699. The number of anilines is 1. The van der Waals surface area contributed by atoms with Gasteiger partial charge in [-0.25, -0.2) is 4.98 Å². The van der Waals surface area contributed by atoms with Gasteiger partial charge in [-0.1, -0.05) is 19.1 Å². The van der Waals surface area contributed by atoms with Gasteiger partial charge in [-0.3, -0.25) is 10.1 Å². The SMILES string of the molecule is CCCn1c(NC(=O)C(N)COC)nc2ccccc21. The van der Waals surface area contributed by atoms with Crippen molar-refractivity contribution >= 4 is 22.9 Å². The molecular formula is C14H20N4O2. The van der Waals surface area contributed by atoms with Gasteiger partial charge in [-0.2, -0.15) is 0 Å². The number of rotatable bonds is 6. The zero-order valence-corrected chi connectivity index (χ0v) is 11.8. The summed E-state index contributed by atoms with van der Waals surface area (Å²) in [5, 5.41) is 2.78. The molecule has 20 heavy (non-hydrogen) atoms. The number of amides is 1. The van der Waals surface area contributed by atoms with Gasteiger partial charge in [0.2, 0.25) is 11.9 Å². The normalized spacial score (nSPS) is 12.6. The molecule has 2 rings (SSSR count). The van der Waals surface area contributed by atoms with Crippen LogP contribution in [0.1, 0.15) is 13.3 Å². The molecule has 1 atom stereocenters. The number of carbonyl (C=O) groups is 1. The van der Waals surface area contributed by atoms with Crippen molar-refractivity contribution in [2.45, 2.75) is 25.9 Å². The van der Waals surface area contributed by atoms with Crippen LogP contribution in [0.4, 0.5) is 5.95 Å². The standard InChI is InChI=1S/C14H20N4O2/c1-3-8-18-12-7-5-4-6-11(12)16-14(18)17-13(19)10(15)9-20-2/h4-7,10H,3,8-9,15H2,1-2H3,(H,16,17,19). The Bertz CT molecular complexity index is 594. The molecule has 0 spiro atoms. The average molecular weight is 276 g/mol. The molecule has 108 valence electrons. The first kappa shape index (κ1) is 14.5. The first-order valence-corrected chi connectivity index (χ1v) is 6.68. The summed E-state index contributed by atoms with van der Waals surface area (Å²) in [5.74, 6) is 0.240. The molecule has 0 saturated heterocycles. The second kappa shape index (κ2) is 6.49. The van der Waals surface area contributed by atoms with Crippen LogP contribution >= 0.6 is 0 Å². The van der Waals surface area contributed by atoms with Crippen LogP contribution in [0.3, 0.4) is 0 Å². The van der Waals surface area contributed by atoms with Crippen LogP contribution in [-0.4, -0.2) is 35.2 Å². The Morgan fingerprint density at radius 2 is 2.25 bits per heavy atom. The molecule has 1 heterocycles. The minimum Gasteiger partial charge on any atom is -0.383 e. The molecule has 0 aliphatic heterocycles. The van der Waals surface area contributed by atoms with Crippen LogP contribution in [0.5, 0.6) is 0 Å². The van der Waals surface area contributed by atoms with Gasteiger partial charge in [0.1, 0.15) is 6.04 Å². The van der Waals surface area contributed by atoms with Crippen LogP contribution in [0.15, 0.2) is 24.3 Å². The molecule has 1 amide bonds. The highest BCUT2D eigenvalue weighted by Gasteiger charge is 2.17. The fourth-order valence-electron chi connectivity index (χ4n) is 2.08. The van der Waals surface area contributed by atoms with Crippen molar-refractivity contribution in [3.63, 3.8) is 0 Å². The number of hydrogen-bond donors (Lipinski definition) is 2. The van der Waals surface area contributed by atoms with Crippen molar-refractivity contribution in [3.05, 3.63) is 24.3 Å². The predicted molar refractivity (Wildman–Crippen MR) is 78.5 cm³/mol. The molecule has 1 aromatic heterocycles. The predicted octanol–water partition coefficient (Wildman–Crippen LogP) is 1.36. The summed E-state index contributed by atoms with van der Waals surface area (Å²) in [5.41, 5.74) is 7.58. The fourth-order valence-corrected chi connectivity index (χ4v) is 2.08. The molecule has 0 aliphatic carbocycles. The number of aromatic nitrogens is 2. The Balaban J connectivity index is 2.28. The van der Waals surface area contributed by atoms with Crippen molar-refractivity contribution in [3.8, 4) is 0 Å². The molecule has 6 nitrogen and oxygen atoms in total. The number of nitrogens with two attached hydrogens (primary N) is 1. The van der Waals surface area contributed by atoms with Crippen LogP contribution in [-0.2, 0) is 16.1 Å². The first-order chi connectivity index (χ1) is 9.67. The number of nitrogens with zero attached hydrogens (tertiary/aromatic N) is 2. The number of carbonyl (C=O) groups excluding carboxylic acids is 1. The Hall–Kier alpha value is -1.92. The molecule has 6 heteroatoms. The summed E-state index contributed by atoms with van der Waals surface area (Å²) < 4.78 is 6.88. The molecule has 0 saturated carbocycles. The zero-order valence-electron chi connectivity index (χ0n) is 11.8. The van der Waals surface area contributed by atoms with Crippen molar-refractivity contribution in [2.24, 2.45) is 5.73 Å². The highest BCUT2D eigenvalue weighted by Crippen LogP contribution is 2.20. The Morgan fingerprint density at radius 3 is 2.95 bits per heavy atom. The van der Waals surface area contributed by atoms with E-state index in [4.69, 9.17) is 10.5 Å². The second-order valence-electron chi connectivity index (χ2n) is 4.63. The van der Waals surface area contributed by atoms with E-state index in [1.807, 2.05) is 28.8 Å². The third-order valence-electron chi connectivity index (χ3n) is 3.02. The minimum absolute atomic E-state index is 0.180. The van der Waals surface area contributed by atoms with Crippen LogP contribution in [0, 0.1) is 0 Å². The molecule has 0 bridgehead atoms. The van der Waals surface area contributed by atoms with Gasteiger partial charge in [0, 0.05) is 13.7 Å². The highest BCUT2D eigenvalue weighted by atomic mass is 16.5. The van der Waals surface area contributed by atoms with Gasteiger partial charge in [-0.15, -0.1) is 0 Å². The largest absolute Gasteiger partial charge is 0.383 e. The number of methoxy groups -OCH3 is 1. The summed E-state index contributed by atoms with van der Waals surface area (Å²) in [6, 6.07) is 7.09. The summed E-state index contributed by atoms with van der Waals surface area (Å²) >= 11 is 0. The van der Waals surface area contributed by atoms with Gasteiger partial charge in [0.25, 0.3) is 0 Å². The average Bonchev–Trinajstić information content (AvgIpc) is 2.78. The monoisotopic (exact) mass is 276 g/mol. The van der Waals surface area contributed by atoms with Crippen molar-refractivity contribution in [1.82, 2.24) is 9.55 Å². The number of hydrogen-bond acceptors (Lipinski definition) is 4. The number of aryl methyl sites for hydroxylation is 1. The van der Waals surface area contributed by atoms with Crippen LogP contribution in [0.2, 0.25) is 0 Å². The molecule has 1 aromatic carbocycles. The van der Waals surface area contributed by atoms with E-state index in [0.717, 1.165) is 24.0 Å². The van der Waals surface area contributed by atoms with Gasteiger partial charge in [-0.05, 0) is 18.6 Å². The molecule has 1 unspecified atom stereocenters. The highest BCUT2D eigenvalue weighted by molar-refractivity contribution is 5.95. The Morgan fingerprint density at radius 1 is 1.50 bits per heavy atom. The maximum absolute atomic E-state index is 12.0. The Labute approximate surface area is 117 Å². The topological polar surface area (TPSA) is 82.2 Å². The lowest BCUT2D eigenvalue weighted by Gasteiger charge is -2.12. The van der Waals surface area contributed by atoms with E-state index in [9.17, 15) is 4.79 Å². The van der Waals surface area contributed by atoms with Gasteiger partial charge < -0.3 is 15.0 Å². The van der Waals surface area contributed by atoms with Crippen LogP contribution in [0.25, 0.3) is 11.0 Å². The smallest absolute Gasteiger partial charge is 0.245 e. The number of imidazole rings is 1. The van der Waals surface area contributed by atoms with Gasteiger partial charge >= 0.3 is 0 Å². The van der Waals surface area contributed by atoms with Gasteiger partial charge in [0.15, 0.2) is 0 Å². The lowest BCUT2D eigenvalue weighted by molar-refractivity contribution is -0.118. The molecule has 2 aromatic rings. The quantitative estimate of drug-likeness (QED) is 0.834. The summed E-state index contributed by atoms with van der Waals surface area (Å²) in [6.07, 6.45) is 0.952. The summed E-state index contributed by atoms with van der Waals surface area (Å²) in [4.78, 5) is 16.4. The Kier molecular flexibility index (Phi) is 4.70. The second-order valence-corrected chi connectivity index (χ2v) is 4.63. The molecule has 3 N–H and O–H groups in total. The van der Waals surface area contributed by atoms with E-state index in [-0.39, 0.29) is 12.5 Å². The third-order valence-corrected chi connectivity index (χ3v) is 3.02. The molecule has 0 aliphatic rings. The van der Waals surface area contributed by atoms with Crippen LogP contribution < -0.4 is 11.1 Å². The number of ether oxygens (including phenoxy) is 1. The summed E-state index contributed by atoms with van der Waals surface area (Å²) in [6.45, 7) is 3.05. The zero-order chi connectivity index (χ0) is 14.5. The van der Waals surface area contributed by atoms with Crippen molar-refractivity contribution in [2.75, 3.05) is 19.0 Å². The maximum atomic E-state index is 12.0. The molecule has 0 radical (unpaired) electrons. The van der Waals surface area contributed by atoms with E-state index in [0.29, 0.717) is 5.95 Å². The third kappa shape index (κ3) is 2.97. The lowest BCUT2D eigenvalue weighted by atomic mass is 10.3. The first-order valence-electron chi connectivity index (χ1n) is 6.68. The van der Waals surface area contributed by atoms with E-state index in [2.05, 4.69) is 17.2 Å². The van der Waals surface area contributed by atoms with Crippen molar-refractivity contribution < 1.29 is 9.53 Å².